The Hall–Kier alpha value is -0.990. The van der Waals surface area contributed by atoms with Crippen molar-refractivity contribution in [2.75, 3.05) is 25.6 Å². The molecule has 0 aliphatic rings. The molecule has 6 nitrogen and oxygen atoms in total. The van der Waals surface area contributed by atoms with Crippen molar-refractivity contribution < 1.29 is 18.3 Å². The lowest BCUT2D eigenvalue weighted by molar-refractivity contribution is 0.0696. The van der Waals surface area contributed by atoms with Crippen molar-refractivity contribution in [3.63, 3.8) is 0 Å². The molecule has 1 heterocycles. The van der Waals surface area contributed by atoms with Crippen LogP contribution in [0.25, 0.3) is 0 Å². The van der Waals surface area contributed by atoms with Gasteiger partial charge in [-0.05, 0) is 7.05 Å². The number of nitrogens with zero attached hydrogens (tertiary/aromatic N) is 2. The number of rotatable bonds is 6. The van der Waals surface area contributed by atoms with E-state index in [0.717, 1.165) is 11.3 Å². The molecule has 1 N–H and O–H groups in total. The van der Waals surface area contributed by atoms with Crippen LogP contribution in [-0.2, 0) is 16.4 Å². The zero-order chi connectivity index (χ0) is 13.1. The summed E-state index contributed by atoms with van der Waals surface area (Å²) in [5.41, 5.74) is 0.642. The van der Waals surface area contributed by atoms with E-state index < -0.39 is 15.8 Å². The Labute approximate surface area is 104 Å². The number of hydrogen-bond acceptors (Lipinski definition) is 6. The fourth-order valence-electron chi connectivity index (χ4n) is 1.16. The maximum Gasteiger partial charge on any atom is 0.365 e. The summed E-state index contributed by atoms with van der Waals surface area (Å²) < 4.78 is 21.9. The van der Waals surface area contributed by atoms with Crippen molar-refractivity contribution in [3.8, 4) is 0 Å². The largest absolute Gasteiger partial charge is 0.476 e. The third-order valence-electron chi connectivity index (χ3n) is 2.01. The van der Waals surface area contributed by atoms with Crippen molar-refractivity contribution in [3.05, 3.63) is 16.1 Å². The van der Waals surface area contributed by atoms with Gasteiger partial charge >= 0.3 is 5.97 Å². The third kappa shape index (κ3) is 5.24. The minimum Gasteiger partial charge on any atom is -0.476 e. The molecule has 0 amide bonds. The first-order valence-electron chi connectivity index (χ1n) is 4.82. The Kier molecular flexibility index (Phi) is 4.61. The lowest BCUT2D eigenvalue weighted by Gasteiger charge is -2.13. The zero-order valence-electron chi connectivity index (χ0n) is 9.58. The molecule has 0 saturated heterocycles. The van der Waals surface area contributed by atoms with Crippen LogP contribution in [-0.4, -0.2) is 55.0 Å². The van der Waals surface area contributed by atoms with Crippen LogP contribution in [0.1, 0.15) is 15.5 Å². The Morgan fingerprint density at radius 2 is 2.24 bits per heavy atom. The SMILES string of the molecule is CN(CCS(C)(=O)=O)Cc1csc(C(=O)O)n1. The van der Waals surface area contributed by atoms with Crippen LogP contribution < -0.4 is 0 Å². The van der Waals surface area contributed by atoms with Crippen molar-refractivity contribution in [1.29, 1.82) is 0 Å². The van der Waals surface area contributed by atoms with E-state index in [1.165, 1.54) is 6.26 Å². The van der Waals surface area contributed by atoms with Crippen molar-refractivity contribution >= 4 is 27.1 Å². The normalized spacial score (nSPS) is 11.9. The second-order valence-corrected chi connectivity index (χ2v) is 6.93. The van der Waals surface area contributed by atoms with E-state index in [1.54, 1.807) is 17.3 Å². The Bertz CT molecular complexity index is 495. The minimum atomic E-state index is -2.97. The Balaban J connectivity index is 2.50. The number of sulfone groups is 1. The molecule has 0 spiro atoms. The van der Waals surface area contributed by atoms with Crippen LogP contribution in [0.15, 0.2) is 5.38 Å². The number of carboxylic acids is 1. The quantitative estimate of drug-likeness (QED) is 0.806. The Morgan fingerprint density at radius 1 is 1.59 bits per heavy atom. The first-order valence-corrected chi connectivity index (χ1v) is 7.76. The molecule has 0 fully saturated rings. The summed E-state index contributed by atoms with van der Waals surface area (Å²) in [4.78, 5) is 16.3. The summed E-state index contributed by atoms with van der Waals surface area (Å²) in [6.45, 7) is 0.845. The van der Waals surface area contributed by atoms with Gasteiger partial charge in [-0.2, -0.15) is 0 Å². The number of aromatic nitrogens is 1. The highest BCUT2D eigenvalue weighted by Gasteiger charge is 2.11. The van der Waals surface area contributed by atoms with Gasteiger partial charge in [0.05, 0.1) is 11.4 Å². The van der Waals surface area contributed by atoms with E-state index in [9.17, 15) is 13.2 Å². The average Bonchev–Trinajstić information content (AvgIpc) is 2.62. The zero-order valence-corrected chi connectivity index (χ0v) is 11.2. The van der Waals surface area contributed by atoms with E-state index in [0.29, 0.717) is 18.8 Å². The molecule has 0 bridgehead atoms. The highest BCUT2D eigenvalue weighted by molar-refractivity contribution is 7.90. The van der Waals surface area contributed by atoms with E-state index in [1.807, 2.05) is 0 Å². The van der Waals surface area contributed by atoms with Crippen LogP contribution >= 0.6 is 11.3 Å². The van der Waals surface area contributed by atoms with Gasteiger partial charge in [-0.25, -0.2) is 18.2 Å². The summed E-state index contributed by atoms with van der Waals surface area (Å²) in [5.74, 6) is -0.959. The predicted octanol–water partition coefficient (Wildman–Crippen LogP) is 0.318. The molecule has 0 aliphatic heterocycles. The van der Waals surface area contributed by atoms with Gasteiger partial charge in [0.25, 0.3) is 0 Å². The molecule has 0 radical (unpaired) electrons. The molecule has 0 unspecified atom stereocenters. The third-order valence-corrected chi connectivity index (χ3v) is 3.81. The Morgan fingerprint density at radius 3 is 2.71 bits per heavy atom. The molecule has 0 atom stereocenters. The number of carbonyl (C=O) groups is 1. The van der Waals surface area contributed by atoms with Gasteiger partial charge in [0, 0.05) is 24.7 Å². The second-order valence-electron chi connectivity index (χ2n) is 3.82. The molecule has 0 aliphatic carbocycles. The predicted molar refractivity (Wildman–Crippen MR) is 65.1 cm³/mol. The smallest absolute Gasteiger partial charge is 0.365 e. The number of aromatic carboxylic acids is 1. The monoisotopic (exact) mass is 278 g/mol. The highest BCUT2D eigenvalue weighted by Crippen LogP contribution is 2.11. The van der Waals surface area contributed by atoms with E-state index in [2.05, 4.69) is 4.98 Å². The molecular weight excluding hydrogens is 264 g/mol. The summed E-state index contributed by atoms with van der Waals surface area (Å²) in [6, 6.07) is 0. The topological polar surface area (TPSA) is 87.6 Å². The summed E-state index contributed by atoms with van der Waals surface area (Å²) in [5, 5.41) is 10.4. The second kappa shape index (κ2) is 5.56. The first kappa shape index (κ1) is 14.1. The molecule has 0 aromatic carbocycles. The molecule has 17 heavy (non-hydrogen) atoms. The van der Waals surface area contributed by atoms with E-state index >= 15 is 0 Å². The van der Waals surface area contributed by atoms with Gasteiger partial charge in [0.15, 0.2) is 0 Å². The first-order chi connectivity index (χ1) is 7.78. The molecule has 1 aromatic heterocycles. The van der Waals surface area contributed by atoms with Gasteiger partial charge in [0.1, 0.15) is 9.84 Å². The lowest BCUT2D eigenvalue weighted by Crippen LogP contribution is -2.25. The van der Waals surface area contributed by atoms with Crippen LogP contribution in [0.2, 0.25) is 0 Å². The van der Waals surface area contributed by atoms with Crippen LogP contribution in [0.4, 0.5) is 0 Å². The lowest BCUT2D eigenvalue weighted by atomic mass is 10.4. The standard InChI is InChI=1S/C9H14N2O4S2/c1-11(3-4-17(2,14)15)5-7-6-16-8(10-7)9(12)13/h6H,3-5H2,1-2H3,(H,12,13). The fraction of sp³-hybridized carbons (Fsp3) is 0.556. The summed E-state index contributed by atoms with van der Waals surface area (Å²) >= 11 is 1.07. The van der Waals surface area contributed by atoms with Crippen LogP contribution in [0, 0.1) is 0 Å². The molecule has 1 aromatic rings. The van der Waals surface area contributed by atoms with E-state index in [4.69, 9.17) is 5.11 Å². The van der Waals surface area contributed by atoms with Gasteiger partial charge in [0.2, 0.25) is 5.01 Å². The van der Waals surface area contributed by atoms with Crippen LogP contribution in [0.5, 0.6) is 0 Å². The maximum absolute atomic E-state index is 11.0. The van der Waals surface area contributed by atoms with Crippen LogP contribution in [0.3, 0.4) is 0 Å². The van der Waals surface area contributed by atoms with E-state index in [-0.39, 0.29) is 10.8 Å². The number of carboxylic acid groups (broad SMARTS) is 1. The molecule has 96 valence electrons. The summed E-state index contributed by atoms with van der Waals surface area (Å²) in [6.07, 6.45) is 1.19. The van der Waals surface area contributed by atoms with Crippen molar-refractivity contribution in [2.45, 2.75) is 6.54 Å². The molecule has 1 rings (SSSR count). The maximum atomic E-state index is 11.0. The molecule has 8 heteroatoms. The number of thiazole rings is 1. The minimum absolute atomic E-state index is 0.0523. The van der Waals surface area contributed by atoms with Gasteiger partial charge in [-0.1, -0.05) is 0 Å². The van der Waals surface area contributed by atoms with Gasteiger partial charge < -0.3 is 5.11 Å². The number of hydrogen-bond donors (Lipinski definition) is 1. The van der Waals surface area contributed by atoms with Gasteiger partial charge in [-0.15, -0.1) is 11.3 Å². The molecule has 0 saturated carbocycles. The fourth-order valence-corrected chi connectivity index (χ4v) is 2.44. The van der Waals surface area contributed by atoms with Crippen molar-refractivity contribution in [1.82, 2.24) is 9.88 Å². The highest BCUT2D eigenvalue weighted by atomic mass is 32.2. The average molecular weight is 278 g/mol. The molecular formula is C9H14N2O4S2. The summed E-state index contributed by atoms with van der Waals surface area (Å²) in [7, 11) is -1.20. The van der Waals surface area contributed by atoms with Crippen molar-refractivity contribution in [2.24, 2.45) is 0 Å². The van der Waals surface area contributed by atoms with Gasteiger partial charge in [-0.3, -0.25) is 4.90 Å².